The van der Waals surface area contributed by atoms with Crippen LogP contribution in [-0.4, -0.2) is 37.8 Å². The summed E-state index contributed by atoms with van der Waals surface area (Å²) in [5.74, 6) is -0.187. The van der Waals surface area contributed by atoms with E-state index in [0.717, 1.165) is 75.8 Å². The van der Waals surface area contributed by atoms with Gasteiger partial charge in [-0.1, -0.05) is 61.4 Å². The maximum absolute atomic E-state index is 12.9. The summed E-state index contributed by atoms with van der Waals surface area (Å²) in [5.41, 5.74) is 7.32. The van der Waals surface area contributed by atoms with Gasteiger partial charge in [0, 0.05) is 71.2 Å². The number of amides is 2. The van der Waals surface area contributed by atoms with Gasteiger partial charge < -0.3 is 19.7 Å². The maximum atomic E-state index is 12.9. The lowest BCUT2D eigenvalue weighted by Crippen LogP contribution is -2.33. The normalized spacial score (nSPS) is 11.2. The van der Waals surface area contributed by atoms with E-state index < -0.39 is 20.2 Å². The van der Waals surface area contributed by atoms with Crippen molar-refractivity contribution in [1.29, 1.82) is 0 Å². The monoisotopic (exact) mass is 874 g/mol. The Morgan fingerprint density at radius 3 is 1.42 bits per heavy atom. The Kier molecular flexibility index (Phi) is 16.2. The number of aromatic nitrogens is 2. The number of nitrogens with one attached hydrogen (secondary N) is 2. The average Bonchev–Trinajstić information content (AvgIpc) is 3.23. The first-order valence-electron chi connectivity index (χ1n) is 20.1. The predicted molar refractivity (Wildman–Crippen MR) is 238 cm³/mol. The van der Waals surface area contributed by atoms with Crippen molar-refractivity contribution >= 4 is 65.2 Å². The molecule has 7 rings (SSSR count). The number of carbonyl (C=O) groups excluding carboxylic acids is 2. The highest BCUT2D eigenvalue weighted by Crippen LogP contribution is 2.20. The zero-order valence-electron chi connectivity index (χ0n) is 35.1. The first-order valence-corrected chi connectivity index (χ1v) is 23.0. The molecular formula is C48H50N4O8S2. The molecule has 0 aliphatic rings. The summed E-state index contributed by atoms with van der Waals surface area (Å²) in [4.78, 5) is 25.2. The molecule has 0 aliphatic carbocycles. The van der Waals surface area contributed by atoms with Crippen LogP contribution in [-0.2, 0) is 44.5 Å². The molecule has 2 amide bonds. The van der Waals surface area contributed by atoms with Crippen molar-refractivity contribution in [3.8, 4) is 0 Å². The number of pyridine rings is 2. The lowest BCUT2D eigenvalue weighted by atomic mass is 10.1. The SMILES string of the molecule is CCC[n+]1cccc2cc(NC(=O)CCc3ccc(C(=O)Nc4ccc5c(ccc[n+]5CCC)c4)cc3)ccc21.Cc1ccc(S(=O)(=O)[O-])cc1.Cc1ccc(S(=O)(=O)[O-])cc1. The molecule has 0 unspecified atom stereocenters. The van der Waals surface area contributed by atoms with Gasteiger partial charge in [-0.25, -0.2) is 16.8 Å². The minimum absolute atomic E-state index is 0.0323. The number of benzene rings is 5. The van der Waals surface area contributed by atoms with E-state index in [0.29, 0.717) is 18.4 Å². The molecule has 5 aromatic carbocycles. The number of rotatable bonds is 12. The second-order valence-electron chi connectivity index (χ2n) is 14.7. The molecule has 0 saturated heterocycles. The molecule has 0 atom stereocenters. The summed E-state index contributed by atoms with van der Waals surface area (Å²) >= 11 is 0. The van der Waals surface area contributed by atoms with E-state index in [1.807, 2.05) is 74.5 Å². The number of fused-ring (bicyclic) bond motifs is 2. The van der Waals surface area contributed by atoms with Gasteiger partial charge in [0.15, 0.2) is 12.4 Å². The fourth-order valence-electron chi connectivity index (χ4n) is 6.51. The van der Waals surface area contributed by atoms with Gasteiger partial charge in [0.25, 0.3) is 5.91 Å². The summed E-state index contributed by atoms with van der Waals surface area (Å²) in [6, 6.07) is 39.3. The third-order valence-electron chi connectivity index (χ3n) is 9.70. The van der Waals surface area contributed by atoms with Gasteiger partial charge in [0.2, 0.25) is 16.9 Å². The maximum Gasteiger partial charge on any atom is 0.255 e. The van der Waals surface area contributed by atoms with Crippen LogP contribution in [0.15, 0.2) is 156 Å². The molecular weight excluding hydrogens is 825 g/mol. The quantitative estimate of drug-likeness (QED) is 0.0915. The number of carbonyl (C=O) groups is 2. The number of hydrogen-bond acceptors (Lipinski definition) is 8. The topological polar surface area (TPSA) is 180 Å². The highest BCUT2D eigenvalue weighted by Gasteiger charge is 2.13. The molecule has 62 heavy (non-hydrogen) atoms. The molecule has 0 spiro atoms. The molecule has 0 saturated carbocycles. The predicted octanol–water partition coefficient (Wildman–Crippen LogP) is 8.01. The van der Waals surface area contributed by atoms with E-state index in [4.69, 9.17) is 0 Å². The van der Waals surface area contributed by atoms with Crippen LogP contribution < -0.4 is 19.8 Å². The smallest absolute Gasteiger partial charge is 0.255 e. The van der Waals surface area contributed by atoms with Crippen LogP contribution in [0.3, 0.4) is 0 Å². The molecule has 2 aromatic heterocycles. The highest BCUT2D eigenvalue weighted by atomic mass is 32.2. The van der Waals surface area contributed by atoms with Crippen molar-refractivity contribution in [2.24, 2.45) is 0 Å². The van der Waals surface area contributed by atoms with E-state index >= 15 is 0 Å². The summed E-state index contributed by atoms with van der Waals surface area (Å²) < 4.78 is 66.8. The lowest BCUT2D eigenvalue weighted by Gasteiger charge is -2.08. The fourth-order valence-corrected chi connectivity index (χ4v) is 7.44. The Hall–Kier alpha value is -6.32. The first-order chi connectivity index (χ1) is 29.5. The van der Waals surface area contributed by atoms with Crippen LogP contribution in [0.5, 0.6) is 0 Å². The van der Waals surface area contributed by atoms with Gasteiger partial charge in [-0.2, -0.15) is 9.13 Å². The summed E-state index contributed by atoms with van der Waals surface area (Å²) in [7, 11) is -8.54. The molecule has 0 radical (unpaired) electrons. The van der Waals surface area contributed by atoms with Crippen molar-refractivity contribution in [2.45, 2.75) is 76.3 Å². The second kappa shape index (κ2) is 21.5. The minimum atomic E-state index is -4.27. The summed E-state index contributed by atoms with van der Waals surface area (Å²) in [6.45, 7) is 9.89. The molecule has 0 aliphatic heterocycles. The fraction of sp³-hybridized carbons (Fsp3) is 0.208. The molecule has 2 heterocycles. The van der Waals surface area contributed by atoms with E-state index in [1.165, 1.54) is 24.3 Å². The van der Waals surface area contributed by atoms with E-state index in [2.05, 4.69) is 70.3 Å². The van der Waals surface area contributed by atoms with Crippen LogP contribution in [0, 0.1) is 13.8 Å². The Balaban J connectivity index is 0.000000267. The minimum Gasteiger partial charge on any atom is -0.744 e. The molecule has 322 valence electrons. The Bertz CT molecular complexity index is 2790. The summed E-state index contributed by atoms with van der Waals surface area (Å²) in [5, 5.41) is 8.22. The average molecular weight is 875 g/mol. The standard InChI is InChI=1S/C34H34N4O2.2C7H8O3S/c1-3-19-37-21-5-7-27-23-29(14-16-31(27)37)35-33(39)18-11-25-9-12-26(13-10-25)34(40)36-30-15-17-32-28(24-30)8-6-22-38(32)20-4-2;2*1-6-2-4-7(5-3-6)11(8,9)10/h5-10,12-17,21-24H,3-4,11,18-20H2,1-2H3;2*2-5H,1H3,(H,8,9,10). The van der Waals surface area contributed by atoms with Crippen molar-refractivity contribution in [3.63, 3.8) is 0 Å². The van der Waals surface area contributed by atoms with Gasteiger partial charge in [-0.3, -0.25) is 9.59 Å². The van der Waals surface area contributed by atoms with Crippen LogP contribution in [0.25, 0.3) is 21.8 Å². The van der Waals surface area contributed by atoms with Crippen molar-refractivity contribution in [3.05, 3.63) is 168 Å². The molecule has 12 nitrogen and oxygen atoms in total. The first kappa shape index (κ1) is 46.7. The Morgan fingerprint density at radius 2 is 1.00 bits per heavy atom. The Morgan fingerprint density at radius 1 is 0.565 bits per heavy atom. The molecule has 14 heteroatoms. The second-order valence-corrected chi connectivity index (χ2v) is 17.4. The van der Waals surface area contributed by atoms with Crippen LogP contribution in [0.1, 0.15) is 60.2 Å². The largest absolute Gasteiger partial charge is 0.744 e. The van der Waals surface area contributed by atoms with Crippen LogP contribution in [0.4, 0.5) is 11.4 Å². The summed E-state index contributed by atoms with van der Waals surface area (Å²) in [6.07, 6.45) is 7.26. The van der Waals surface area contributed by atoms with E-state index in [-0.39, 0.29) is 21.6 Å². The van der Waals surface area contributed by atoms with Gasteiger partial charge in [0.1, 0.15) is 33.3 Å². The van der Waals surface area contributed by atoms with Crippen molar-refractivity contribution in [1.82, 2.24) is 0 Å². The van der Waals surface area contributed by atoms with E-state index in [9.17, 15) is 35.5 Å². The Labute approximate surface area is 363 Å². The highest BCUT2D eigenvalue weighted by molar-refractivity contribution is 7.86. The molecule has 0 fully saturated rings. The molecule has 2 N–H and O–H groups in total. The van der Waals surface area contributed by atoms with Crippen molar-refractivity contribution < 1.29 is 44.7 Å². The molecule has 0 bridgehead atoms. The van der Waals surface area contributed by atoms with Gasteiger partial charge >= 0.3 is 0 Å². The van der Waals surface area contributed by atoms with Gasteiger partial charge in [0.05, 0.1) is 9.79 Å². The zero-order valence-corrected chi connectivity index (χ0v) is 36.7. The van der Waals surface area contributed by atoms with Crippen molar-refractivity contribution in [2.75, 3.05) is 10.6 Å². The van der Waals surface area contributed by atoms with E-state index in [1.54, 1.807) is 24.3 Å². The zero-order chi connectivity index (χ0) is 44.9. The molecule has 7 aromatic rings. The number of nitrogens with zero attached hydrogens (tertiary/aromatic N) is 2. The van der Waals surface area contributed by atoms with Gasteiger partial charge in [-0.15, -0.1) is 0 Å². The third-order valence-corrected chi connectivity index (χ3v) is 11.4. The lowest BCUT2D eigenvalue weighted by molar-refractivity contribution is -0.671. The van der Waals surface area contributed by atoms with Gasteiger partial charge in [-0.05, 0) is 98.6 Å². The number of hydrogen-bond donors (Lipinski definition) is 2. The number of anilines is 2. The van der Waals surface area contributed by atoms with Crippen LogP contribution >= 0.6 is 0 Å². The van der Waals surface area contributed by atoms with Crippen LogP contribution in [0.2, 0.25) is 0 Å². The number of aryl methyl sites for hydroxylation is 5. The third kappa shape index (κ3) is 13.6.